The number of carbonyl (C=O) groups excluding carboxylic acids is 2. The molecule has 0 aliphatic carbocycles. The van der Waals surface area contributed by atoms with Crippen LogP contribution >= 0.6 is 11.6 Å². The monoisotopic (exact) mass is 355 g/mol. The standard InChI is InChI=1S/C15H18ClN3O5/c1-24-12-10(13(17)20)5-9(16)6-11(12)18-15(23)19-4-2-3-8(7-19)14(21)22/h5-6,8H,2-4,7H2,1H3,(H2,17,20)(H,18,23)(H,21,22). The van der Waals surface area contributed by atoms with E-state index in [1.54, 1.807) is 0 Å². The van der Waals surface area contributed by atoms with Crippen LogP contribution in [0.2, 0.25) is 5.02 Å². The third kappa shape index (κ3) is 3.88. The van der Waals surface area contributed by atoms with E-state index in [2.05, 4.69) is 5.32 Å². The van der Waals surface area contributed by atoms with E-state index in [9.17, 15) is 14.4 Å². The number of likely N-dealkylation sites (tertiary alicyclic amines) is 1. The minimum Gasteiger partial charge on any atom is -0.494 e. The number of carboxylic acids is 1. The van der Waals surface area contributed by atoms with Crippen LogP contribution in [-0.2, 0) is 4.79 Å². The molecule has 1 aliphatic rings. The van der Waals surface area contributed by atoms with Crippen molar-refractivity contribution in [1.29, 1.82) is 0 Å². The van der Waals surface area contributed by atoms with E-state index in [0.29, 0.717) is 19.4 Å². The quantitative estimate of drug-likeness (QED) is 0.759. The summed E-state index contributed by atoms with van der Waals surface area (Å²) in [6.45, 7) is 0.563. The predicted molar refractivity (Wildman–Crippen MR) is 87.5 cm³/mol. The largest absolute Gasteiger partial charge is 0.494 e. The van der Waals surface area contributed by atoms with Gasteiger partial charge in [-0.2, -0.15) is 0 Å². The second-order valence-electron chi connectivity index (χ2n) is 5.45. The number of nitrogens with one attached hydrogen (secondary N) is 1. The number of hydrogen-bond acceptors (Lipinski definition) is 4. The number of methoxy groups -OCH3 is 1. The molecule has 0 saturated carbocycles. The highest BCUT2D eigenvalue weighted by atomic mass is 35.5. The van der Waals surface area contributed by atoms with Crippen molar-refractivity contribution in [2.75, 3.05) is 25.5 Å². The van der Waals surface area contributed by atoms with Crippen LogP contribution in [0, 0.1) is 5.92 Å². The first-order chi connectivity index (χ1) is 11.3. The number of nitrogens with zero attached hydrogens (tertiary/aromatic N) is 1. The number of nitrogens with two attached hydrogens (primary N) is 1. The minimum absolute atomic E-state index is 0.0438. The molecule has 0 spiro atoms. The van der Waals surface area contributed by atoms with E-state index in [1.165, 1.54) is 24.1 Å². The minimum atomic E-state index is -0.927. The number of benzene rings is 1. The van der Waals surface area contributed by atoms with Crippen molar-refractivity contribution in [3.63, 3.8) is 0 Å². The third-order valence-electron chi connectivity index (χ3n) is 3.82. The van der Waals surface area contributed by atoms with Crippen molar-refractivity contribution in [2.24, 2.45) is 11.7 Å². The van der Waals surface area contributed by atoms with Gasteiger partial charge in [0.05, 0.1) is 24.3 Å². The number of carbonyl (C=O) groups is 3. The van der Waals surface area contributed by atoms with Crippen LogP contribution in [0.15, 0.2) is 12.1 Å². The van der Waals surface area contributed by atoms with Crippen LogP contribution in [0.5, 0.6) is 5.75 Å². The summed E-state index contributed by atoms with van der Waals surface area (Å²) < 4.78 is 5.15. The lowest BCUT2D eigenvalue weighted by Crippen LogP contribution is -2.44. The Kier molecular flexibility index (Phi) is 5.50. The number of carboxylic acid groups (broad SMARTS) is 1. The molecule has 1 unspecified atom stereocenters. The SMILES string of the molecule is COc1c(NC(=O)N2CCCC(C(=O)O)C2)cc(Cl)cc1C(N)=O. The lowest BCUT2D eigenvalue weighted by Gasteiger charge is -2.31. The van der Waals surface area contributed by atoms with Gasteiger partial charge in [0, 0.05) is 18.1 Å². The summed E-state index contributed by atoms with van der Waals surface area (Å²) in [4.78, 5) is 36.4. The summed E-state index contributed by atoms with van der Waals surface area (Å²) in [6, 6.07) is 2.29. The van der Waals surface area contributed by atoms with Crippen LogP contribution in [0.3, 0.4) is 0 Å². The van der Waals surface area contributed by atoms with Gasteiger partial charge in [0.15, 0.2) is 5.75 Å². The van der Waals surface area contributed by atoms with Gasteiger partial charge in [-0.1, -0.05) is 11.6 Å². The second kappa shape index (κ2) is 7.39. The van der Waals surface area contributed by atoms with Crippen LogP contribution < -0.4 is 15.8 Å². The van der Waals surface area contributed by atoms with Crippen LogP contribution in [0.4, 0.5) is 10.5 Å². The molecule has 8 nitrogen and oxygen atoms in total. The zero-order valence-electron chi connectivity index (χ0n) is 13.0. The highest BCUT2D eigenvalue weighted by Gasteiger charge is 2.29. The Balaban J connectivity index is 2.22. The predicted octanol–water partition coefficient (Wildman–Crippen LogP) is 1.78. The Hall–Kier alpha value is -2.48. The van der Waals surface area contributed by atoms with Gasteiger partial charge >= 0.3 is 12.0 Å². The topological polar surface area (TPSA) is 122 Å². The number of piperidine rings is 1. The number of aliphatic carboxylic acids is 1. The zero-order chi connectivity index (χ0) is 17.9. The fourth-order valence-electron chi connectivity index (χ4n) is 2.65. The van der Waals surface area contributed by atoms with Gasteiger partial charge in [-0.25, -0.2) is 4.79 Å². The fraction of sp³-hybridized carbons (Fsp3) is 0.400. The molecule has 4 N–H and O–H groups in total. The van der Waals surface area contributed by atoms with Crippen molar-refractivity contribution in [1.82, 2.24) is 4.90 Å². The van der Waals surface area contributed by atoms with Crippen molar-refractivity contribution >= 4 is 35.2 Å². The molecule has 1 heterocycles. The number of halogens is 1. The molecule has 24 heavy (non-hydrogen) atoms. The molecule has 2 rings (SSSR count). The zero-order valence-corrected chi connectivity index (χ0v) is 13.8. The molecule has 1 saturated heterocycles. The summed E-state index contributed by atoms with van der Waals surface area (Å²) in [7, 11) is 1.34. The van der Waals surface area contributed by atoms with Gasteiger partial charge in [-0.05, 0) is 25.0 Å². The van der Waals surface area contributed by atoms with Gasteiger partial charge in [0.1, 0.15) is 0 Å². The molecule has 3 amide bonds. The van der Waals surface area contributed by atoms with Crippen LogP contribution in [0.25, 0.3) is 0 Å². The molecular formula is C15H18ClN3O5. The number of urea groups is 1. The number of amides is 3. The fourth-order valence-corrected chi connectivity index (χ4v) is 2.87. The third-order valence-corrected chi connectivity index (χ3v) is 4.04. The lowest BCUT2D eigenvalue weighted by atomic mass is 9.99. The van der Waals surface area contributed by atoms with Crippen LogP contribution in [-0.4, -0.2) is 48.1 Å². The smallest absolute Gasteiger partial charge is 0.321 e. The Morgan fingerprint density at radius 1 is 1.42 bits per heavy atom. The maximum Gasteiger partial charge on any atom is 0.321 e. The van der Waals surface area contributed by atoms with E-state index in [4.69, 9.17) is 27.2 Å². The Morgan fingerprint density at radius 3 is 2.71 bits per heavy atom. The summed E-state index contributed by atoms with van der Waals surface area (Å²) in [5, 5.41) is 11.9. The van der Waals surface area contributed by atoms with Gasteiger partial charge < -0.3 is 25.8 Å². The number of ether oxygens (including phenoxy) is 1. The molecule has 130 valence electrons. The first-order valence-electron chi connectivity index (χ1n) is 7.29. The summed E-state index contributed by atoms with van der Waals surface area (Å²) >= 11 is 5.95. The van der Waals surface area contributed by atoms with E-state index in [0.717, 1.165) is 0 Å². The van der Waals surface area contributed by atoms with E-state index in [-0.39, 0.29) is 28.6 Å². The average Bonchev–Trinajstić information content (AvgIpc) is 2.54. The molecule has 1 aromatic rings. The molecule has 9 heteroatoms. The normalized spacial score (nSPS) is 17.2. The first kappa shape index (κ1) is 17.9. The average molecular weight is 356 g/mol. The van der Waals surface area contributed by atoms with Gasteiger partial charge in [-0.3, -0.25) is 9.59 Å². The Morgan fingerprint density at radius 2 is 2.12 bits per heavy atom. The van der Waals surface area contributed by atoms with Gasteiger partial charge in [0.2, 0.25) is 0 Å². The molecule has 0 bridgehead atoms. The number of primary amides is 1. The van der Waals surface area contributed by atoms with Crippen molar-refractivity contribution in [3.05, 3.63) is 22.7 Å². The van der Waals surface area contributed by atoms with Gasteiger partial charge in [-0.15, -0.1) is 0 Å². The van der Waals surface area contributed by atoms with Crippen LogP contribution in [0.1, 0.15) is 23.2 Å². The lowest BCUT2D eigenvalue weighted by molar-refractivity contribution is -0.143. The number of hydrogen-bond donors (Lipinski definition) is 3. The number of anilines is 1. The summed E-state index contributed by atoms with van der Waals surface area (Å²) in [6.07, 6.45) is 1.13. The maximum atomic E-state index is 12.4. The number of rotatable bonds is 4. The molecule has 1 atom stereocenters. The molecular weight excluding hydrogens is 338 g/mol. The molecule has 1 aliphatic heterocycles. The maximum absolute atomic E-state index is 12.4. The Labute approximate surface area is 143 Å². The first-order valence-corrected chi connectivity index (χ1v) is 7.67. The summed E-state index contributed by atoms with van der Waals surface area (Å²) in [5.41, 5.74) is 5.53. The van der Waals surface area contributed by atoms with E-state index >= 15 is 0 Å². The van der Waals surface area contributed by atoms with Gasteiger partial charge in [0.25, 0.3) is 5.91 Å². The highest BCUT2D eigenvalue weighted by molar-refractivity contribution is 6.31. The Bertz CT molecular complexity index is 679. The van der Waals surface area contributed by atoms with Crippen molar-refractivity contribution in [2.45, 2.75) is 12.8 Å². The van der Waals surface area contributed by atoms with Crippen molar-refractivity contribution < 1.29 is 24.2 Å². The molecule has 1 aromatic carbocycles. The molecule has 0 aromatic heterocycles. The highest BCUT2D eigenvalue weighted by Crippen LogP contribution is 2.33. The summed E-state index contributed by atoms with van der Waals surface area (Å²) in [5.74, 6) is -2.16. The molecule has 1 fully saturated rings. The van der Waals surface area contributed by atoms with Crippen molar-refractivity contribution in [3.8, 4) is 5.75 Å². The van der Waals surface area contributed by atoms with E-state index in [1.807, 2.05) is 0 Å². The van der Waals surface area contributed by atoms with E-state index < -0.39 is 23.8 Å². The molecule has 0 radical (unpaired) electrons. The second-order valence-corrected chi connectivity index (χ2v) is 5.89.